The minimum Gasteiger partial charge on any atom is -0.340 e. The SMILES string of the molecule is Cc1ccc(Nc2nccc(C(=O)N(C)CCc3ccncc3)n2)cc1Cl. The first kappa shape index (κ1) is 18.8. The normalized spacial score (nSPS) is 10.5. The Morgan fingerprint density at radius 1 is 1.15 bits per heavy atom. The Labute approximate surface area is 163 Å². The van der Waals surface area contributed by atoms with Gasteiger partial charge in [0.15, 0.2) is 0 Å². The van der Waals surface area contributed by atoms with E-state index in [1.165, 1.54) is 0 Å². The minimum absolute atomic E-state index is 0.156. The van der Waals surface area contributed by atoms with Gasteiger partial charge in [0, 0.05) is 42.9 Å². The van der Waals surface area contributed by atoms with Gasteiger partial charge in [0.2, 0.25) is 5.95 Å². The molecule has 0 bridgehead atoms. The average Bonchev–Trinajstić information content (AvgIpc) is 2.69. The van der Waals surface area contributed by atoms with E-state index < -0.39 is 0 Å². The number of hydrogen-bond donors (Lipinski definition) is 1. The maximum atomic E-state index is 12.6. The molecule has 2 heterocycles. The summed E-state index contributed by atoms with van der Waals surface area (Å²) in [5.41, 5.74) is 3.22. The zero-order chi connectivity index (χ0) is 19.2. The van der Waals surface area contributed by atoms with Crippen LogP contribution in [-0.4, -0.2) is 39.4 Å². The van der Waals surface area contributed by atoms with E-state index in [9.17, 15) is 4.79 Å². The molecule has 0 aliphatic carbocycles. The molecule has 3 rings (SSSR count). The van der Waals surface area contributed by atoms with Crippen LogP contribution in [0.15, 0.2) is 55.0 Å². The zero-order valence-electron chi connectivity index (χ0n) is 15.2. The van der Waals surface area contributed by atoms with E-state index in [4.69, 9.17) is 11.6 Å². The van der Waals surface area contributed by atoms with Gasteiger partial charge < -0.3 is 10.2 Å². The topological polar surface area (TPSA) is 71.0 Å². The summed E-state index contributed by atoms with van der Waals surface area (Å²) in [6.07, 6.45) is 5.81. The van der Waals surface area contributed by atoms with Crippen molar-refractivity contribution in [1.82, 2.24) is 19.9 Å². The molecule has 0 radical (unpaired) electrons. The summed E-state index contributed by atoms with van der Waals surface area (Å²) in [4.78, 5) is 26.8. The Bertz CT molecular complexity index is 933. The van der Waals surface area contributed by atoms with E-state index in [-0.39, 0.29) is 5.91 Å². The number of hydrogen-bond acceptors (Lipinski definition) is 5. The molecule has 1 aromatic carbocycles. The highest BCUT2D eigenvalue weighted by molar-refractivity contribution is 6.31. The van der Waals surface area contributed by atoms with Crippen molar-refractivity contribution in [2.24, 2.45) is 0 Å². The van der Waals surface area contributed by atoms with Crippen molar-refractivity contribution in [3.63, 3.8) is 0 Å². The largest absolute Gasteiger partial charge is 0.340 e. The summed E-state index contributed by atoms with van der Waals surface area (Å²) in [6, 6.07) is 11.1. The van der Waals surface area contributed by atoms with Crippen molar-refractivity contribution in [2.75, 3.05) is 18.9 Å². The molecule has 1 N–H and O–H groups in total. The van der Waals surface area contributed by atoms with Gasteiger partial charge in [-0.2, -0.15) is 0 Å². The first-order valence-electron chi connectivity index (χ1n) is 8.53. The Hall–Kier alpha value is -2.99. The monoisotopic (exact) mass is 381 g/mol. The van der Waals surface area contributed by atoms with Crippen LogP contribution in [0.5, 0.6) is 0 Å². The van der Waals surface area contributed by atoms with Crippen molar-refractivity contribution in [3.8, 4) is 0 Å². The molecule has 0 atom stereocenters. The minimum atomic E-state index is -0.156. The molecule has 7 heteroatoms. The Kier molecular flexibility index (Phi) is 5.98. The summed E-state index contributed by atoms with van der Waals surface area (Å²) < 4.78 is 0. The van der Waals surface area contributed by atoms with Gasteiger partial charge in [-0.1, -0.05) is 17.7 Å². The molecular formula is C20H20ClN5O. The molecular weight excluding hydrogens is 362 g/mol. The van der Waals surface area contributed by atoms with E-state index in [2.05, 4.69) is 20.3 Å². The van der Waals surface area contributed by atoms with Crippen LogP contribution < -0.4 is 5.32 Å². The van der Waals surface area contributed by atoms with Crippen LogP contribution in [0.3, 0.4) is 0 Å². The molecule has 3 aromatic rings. The summed E-state index contributed by atoms with van der Waals surface area (Å²) in [5.74, 6) is 0.194. The van der Waals surface area contributed by atoms with Crippen LogP contribution >= 0.6 is 11.6 Å². The third-order valence-corrected chi connectivity index (χ3v) is 4.54. The predicted molar refractivity (Wildman–Crippen MR) is 106 cm³/mol. The van der Waals surface area contributed by atoms with Crippen molar-refractivity contribution in [3.05, 3.63) is 76.8 Å². The second-order valence-corrected chi connectivity index (χ2v) is 6.59. The third kappa shape index (κ3) is 5.01. The van der Waals surface area contributed by atoms with Gasteiger partial charge in [-0.15, -0.1) is 0 Å². The highest BCUT2D eigenvalue weighted by Gasteiger charge is 2.14. The fourth-order valence-corrected chi connectivity index (χ4v) is 2.66. The number of aromatic nitrogens is 3. The summed E-state index contributed by atoms with van der Waals surface area (Å²) in [5, 5.41) is 3.74. The molecule has 1 amide bonds. The molecule has 138 valence electrons. The van der Waals surface area contributed by atoms with Gasteiger partial charge in [0.1, 0.15) is 5.69 Å². The number of rotatable bonds is 6. The Morgan fingerprint density at radius 3 is 2.67 bits per heavy atom. The van der Waals surface area contributed by atoms with Crippen LogP contribution in [0, 0.1) is 6.92 Å². The van der Waals surface area contributed by atoms with Crippen LogP contribution in [0.2, 0.25) is 5.02 Å². The lowest BCUT2D eigenvalue weighted by atomic mass is 10.2. The lowest BCUT2D eigenvalue weighted by molar-refractivity contribution is 0.0791. The third-order valence-electron chi connectivity index (χ3n) is 4.13. The molecule has 0 aliphatic rings. The van der Waals surface area contributed by atoms with Gasteiger partial charge in [-0.05, 0) is 54.8 Å². The molecule has 0 fully saturated rings. The van der Waals surface area contributed by atoms with E-state index in [1.54, 1.807) is 42.7 Å². The van der Waals surface area contributed by atoms with E-state index in [0.717, 1.165) is 23.2 Å². The average molecular weight is 382 g/mol. The second kappa shape index (κ2) is 8.60. The van der Waals surface area contributed by atoms with Crippen LogP contribution in [0.25, 0.3) is 0 Å². The number of anilines is 2. The van der Waals surface area contributed by atoms with E-state index in [1.807, 2.05) is 31.2 Å². The number of nitrogens with zero attached hydrogens (tertiary/aromatic N) is 4. The maximum absolute atomic E-state index is 12.6. The number of halogens is 1. The number of nitrogens with one attached hydrogen (secondary N) is 1. The van der Waals surface area contributed by atoms with Crippen molar-refractivity contribution in [1.29, 1.82) is 0 Å². The molecule has 2 aromatic heterocycles. The van der Waals surface area contributed by atoms with Crippen molar-refractivity contribution in [2.45, 2.75) is 13.3 Å². The van der Waals surface area contributed by atoms with Crippen LogP contribution in [0.1, 0.15) is 21.6 Å². The lowest BCUT2D eigenvalue weighted by Crippen LogP contribution is -2.29. The quantitative estimate of drug-likeness (QED) is 0.701. The van der Waals surface area contributed by atoms with Gasteiger partial charge in [0.25, 0.3) is 5.91 Å². The smallest absolute Gasteiger partial charge is 0.272 e. The molecule has 0 spiro atoms. The van der Waals surface area contributed by atoms with E-state index in [0.29, 0.717) is 23.2 Å². The molecule has 27 heavy (non-hydrogen) atoms. The Balaban J connectivity index is 1.66. The number of aryl methyl sites for hydroxylation is 1. The summed E-state index contributed by atoms with van der Waals surface area (Å²) in [6.45, 7) is 2.52. The highest BCUT2D eigenvalue weighted by Crippen LogP contribution is 2.21. The first-order chi connectivity index (χ1) is 13.0. The maximum Gasteiger partial charge on any atom is 0.272 e. The number of pyridine rings is 1. The van der Waals surface area contributed by atoms with Crippen LogP contribution in [0.4, 0.5) is 11.6 Å². The number of likely N-dealkylation sites (N-methyl/N-ethyl adjacent to an activating group) is 1. The van der Waals surface area contributed by atoms with Crippen LogP contribution in [-0.2, 0) is 6.42 Å². The summed E-state index contributed by atoms with van der Waals surface area (Å²) >= 11 is 6.14. The van der Waals surface area contributed by atoms with Crippen molar-refractivity contribution < 1.29 is 4.79 Å². The highest BCUT2D eigenvalue weighted by atomic mass is 35.5. The first-order valence-corrected chi connectivity index (χ1v) is 8.91. The number of carbonyl (C=O) groups is 1. The fourth-order valence-electron chi connectivity index (χ4n) is 2.48. The molecule has 6 nitrogen and oxygen atoms in total. The summed E-state index contributed by atoms with van der Waals surface area (Å²) in [7, 11) is 1.76. The van der Waals surface area contributed by atoms with Gasteiger partial charge in [-0.25, -0.2) is 9.97 Å². The van der Waals surface area contributed by atoms with Crippen molar-refractivity contribution >= 4 is 29.1 Å². The number of carbonyl (C=O) groups excluding carboxylic acids is 1. The second-order valence-electron chi connectivity index (χ2n) is 6.19. The van der Waals surface area contributed by atoms with Gasteiger partial charge in [-0.3, -0.25) is 9.78 Å². The predicted octanol–water partition coefficient (Wildman–Crippen LogP) is 3.89. The molecule has 0 saturated heterocycles. The zero-order valence-corrected chi connectivity index (χ0v) is 15.9. The Morgan fingerprint density at radius 2 is 1.93 bits per heavy atom. The number of benzene rings is 1. The molecule has 0 unspecified atom stereocenters. The number of amides is 1. The van der Waals surface area contributed by atoms with Gasteiger partial charge >= 0.3 is 0 Å². The fraction of sp³-hybridized carbons (Fsp3) is 0.200. The van der Waals surface area contributed by atoms with Gasteiger partial charge in [0.05, 0.1) is 0 Å². The standard InChI is InChI=1S/C20H20ClN5O/c1-14-3-4-16(13-17(14)21)24-20-23-11-7-18(25-20)19(27)26(2)12-8-15-5-9-22-10-6-15/h3-7,9-11,13H,8,12H2,1-2H3,(H,23,24,25). The lowest BCUT2D eigenvalue weighted by Gasteiger charge is -2.17. The van der Waals surface area contributed by atoms with E-state index >= 15 is 0 Å². The molecule has 0 aliphatic heterocycles. The molecule has 0 saturated carbocycles.